The van der Waals surface area contributed by atoms with Gasteiger partial charge in [0.1, 0.15) is 0 Å². The minimum Gasteiger partial charge on any atom is -0.353 e. The van der Waals surface area contributed by atoms with Crippen molar-refractivity contribution in [3.8, 4) is 0 Å². The zero-order chi connectivity index (χ0) is 10.5. The fraction of sp³-hybridized carbons (Fsp3) is 0.875. The SMILES string of the molecule is Brc1nnnn1CCOC1CCCCO1. The first-order valence-electron chi connectivity index (χ1n) is 5.01. The minimum atomic E-state index is -0.0472. The Kier molecular flexibility index (Phi) is 4.04. The first-order valence-corrected chi connectivity index (χ1v) is 5.80. The second-order valence-corrected chi connectivity index (χ2v) is 4.05. The summed E-state index contributed by atoms with van der Waals surface area (Å²) >= 11 is 3.23. The zero-order valence-electron chi connectivity index (χ0n) is 8.30. The van der Waals surface area contributed by atoms with E-state index in [1.807, 2.05) is 0 Å². The van der Waals surface area contributed by atoms with Crippen molar-refractivity contribution in [1.29, 1.82) is 0 Å². The number of tetrazole rings is 1. The van der Waals surface area contributed by atoms with Crippen molar-refractivity contribution in [2.75, 3.05) is 13.2 Å². The molecule has 0 radical (unpaired) electrons. The minimum absolute atomic E-state index is 0.0472. The summed E-state index contributed by atoms with van der Waals surface area (Å²) in [7, 11) is 0. The number of hydrogen-bond donors (Lipinski definition) is 0. The van der Waals surface area contributed by atoms with Crippen molar-refractivity contribution >= 4 is 15.9 Å². The largest absolute Gasteiger partial charge is 0.353 e. The maximum Gasteiger partial charge on any atom is 0.218 e. The lowest BCUT2D eigenvalue weighted by atomic mass is 10.2. The molecule has 1 fully saturated rings. The maximum atomic E-state index is 5.55. The summed E-state index contributed by atoms with van der Waals surface area (Å²) in [5, 5.41) is 11.0. The molecule has 84 valence electrons. The molecule has 1 atom stereocenters. The summed E-state index contributed by atoms with van der Waals surface area (Å²) in [5.41, 5.74) is 0. The fourth-order valence-corrected chi connectivity index (χ4v) is 1.76. The van der Waals surface area contributed by atoms with Gasteiger partial charge in [0, 0.05) is 6.61 Å². The number of halogens is 1. The molecule has 7 heteroatoms. The van der Waals surface area contributed by atoms with Gasteiger partial charge in [0.05, 0.1) is 13.2 Å². The number of ether oxygens (including phenoxy) is 2. The standard InChI is InChI=1S/C8H13BrN4O2/c9-8-10-11-12-13(8)4-6-15-7-3-1-2-5-14-7/h7H,1-6H2. The highest BCUT2D eigenvalue weighted by atomic mass is 79.9. The molecule has 0 bridgehead atoms. The van der Waals surface area contributed by atoms with E-state index in [2.05, 4.69) is 31.5 Å². The van der Waals surface area contributed by atoms with E-state index in [9.17, 15) is 0 Å². The van der Waals surface area contributed by atoms with Crippen molar-refractivity contribution in [2.45, 2.75) is 32.1 Å². The normalized spacial score (nSPS) is 21.8. The lowest BCUT2D eigenvalue weighted by Crippen LogP contribution is -2.24. The van der Waals surface area contributed by atoms with Crippen molar-refractivity contribution in [3.05, 3.63) is 4.73 Å². The van der Waals surface area contributed by atoms with Crippen LogP contribution in [0.5, 0.6) is 0 Å². The molecule has 1 saturated heterocycles. The third-order valence-corrected chi connectivity index (χ3v) is 2.80. The zero-order valence-corrected chi connectivity index (χ0v) is 9.89. The maximum absolute atomic E-state index is 5.55. The van der Waals surface area contributed by atoms with Crippen LogP contribution in [0.4, 0.5) is 0 Å². The van der Waals surface area contributed by atoms with Gasteiger partial charge in [-0.2, -0.15) is 0 Å². The first kappa shape index (κ1) is 11.0. The van der Waals surface area contributed by atoms with Gasteiger partial charge in [0.25, 0.3) is 0 Å². The van der Waals surface area contributed by atoms with Gasteiger partial charge in [-0.3, -0.25) is 0 Å². The van der Waals surface area contributed by atoms with E-state index in [1.165, 1.54) is 6.42 Å². The van der Waals surface area contributed by atoms with E-state index in [0.29, 0.717) is 17.9 Å². The molecule has 6 nitrogen and oxygen atoms in total. The predicted octanol–water partition coefficient (Wildman–Crippen LogP) is 0.979. The number of hydrogen-bond acceptors (Lipinski definition) is 5. The molecule has 0 N–H and O–H groups in total. The quantitative estimate of drug-likeness (QED) is 0.821. The number of nitrogens with zero attached hydrogens (tertiary/aromatic N) is 4. The molecule has 1 aromatic heterocycles. The molecule has 1 unspecified atom stereocenters. The third-order valence-electron chi connectivity index (χ3n) is 2.23. The summed E-state index contributed by atoms with van der Waals surface area (Å²) in [6.07, 6.45) is 3.25. The van der Waals surface area contributed by atoms with Crippen molar-refractivity contribution < 1.29 is 9.47 Å². The van der Waals surface area contributed by atoms with E-state index in [0.717, 1.165) is 19.4 Å². The summed E-state index contributed by atoms with van der Waals surface area (Å²) < 4.78 is 13.2. The van der Waals surface area contributed by atoms with Crippen LogP contribution in [0.25, 0.3) is 0 Å². The fourth-order valence-electron chi connectivity index (χ4n) is 1.44. The van der Waals surface area contributed by atoms with Gasteiger partial charge in [-0.1, -0.05) is 0 Å². The molecule has 1 aliphatic rings. The van der Waals surface area contributed by atoms with Crippen molar-refractivity contribution in [3.63, 3.8) is 0 Å². The van der Waals surface area contributed by atoms with E-state index in [1.54, 1.807) is 4.68 Å². The predicted molar refractivity (Wildman–Crippen MR) is 55.1 cm³/mol. The summed E-state index contributed by atoms with van der Waals surface area (Å²) in [5.74, 6) is 0. The highest BCUT2D eigenvalue weighted by Gasteiger charge is 2.13. The molecule has 0 aliphatic carbocycles. The molecule has 0 aromatic carbocycles. The molecular formula is C8H13BrN4O2. The van der Waals surface area contributed by atoms with Gasteiger partial charge >= 0.3 is 0 Å². The molecular weight excluding hydrogens is 264 g/mol. The van der Waals surface area contributed by atoms with Crippen LogP contribution in [0.2, 0.25) is 0 Å². The molecule has 2 rings (SSSR count). The second-order valence-electron chi connectivity index (χ2n) is 3.34. The van der Waals surface area contributed by atoms with Crippen LogP contribution in [-0.4, -0.2) is 39.7 Å². The topological polar surface area (TPSA) is 62.1 Å². The number of aromatic nitrogens is 4. The first-order chi connectivity index (χ1) is 7.36. The molecule has 1 aromatic rings. The Balaban J connectivity index is 1.68. The molecule has 15 heavy (non-hydrogen) atoms. The van der Waals surface area contributed by atoms with E-state index in [4.69, 9.17) is 9.47 Å². The summed E-state index contributed by atoms with van der Waals surface area (Å²) in [6, 6.07) is 0. The van der Waals surface area contributed by atoms with Gasteiger partial charge in [-0.15, -0.1) is 5.10 Å². The van der Waals surface area contributed by atoms with E-state index < -0.39 is 0 Å². The van der Waals surface area contributed by atoms with Crippen LogP contribution in [-0.2, 0) is 16.0 Å². The van der Waals surface area contributed by atoms with Gasteiger partial charge in [0.2, 0.25) is 4.73 Å². The Labute approximate surface area is 96.1 Å². The van der Waals surface area contributed by atoms with E-state index in [-0.39, 0.29) is 6.29 Å². The Morgan fingerprint density at radius 3 is 3.13 bits per heavy atom. The molecule has 0 saturated carbocycles. The van der Waals surface area contributed by atoms with Gasteiger partial charge in [-0.05, 0) is 45.6 Å². The lowest BCUT2D eigenvalue weighted by molar-refractivity contribution is -0.163. The Bertz CT molecular complexity index is 301. The lowest BCUT2D eigenvalue weighted by Gasteiger charge is -2.22. The van der Waals surface area contributed by atoms with Crippen molar-refractivity contribution in [2.24, 2.45) is 0 Å². The van der Waals surface area contributed by atoms with Crippen LogP contribution in [0, 0.1) is 0 Å². The van der Waals surface area contributed by atoms with Crippen LogP contribution in [0.1, 0.15) is 19.3 Å². The van der Waals surface area contributed by atoms with E-state index >= 15 is 0 Å². The molecule has 1 aliphatic heterocycles. The Hall–Kier alpha value is -0.530. The monoisotopic (exact) mass is 276 g/mol. The molecule has 0 spiro atoms. The average Bonchev–Trinajstić information content (AvgIpc) is 2.66. The van der Waals surface area contributed by atoms with Crippen molar-refractivity contribution in [1.82, 2.24) is 20.2 Å². The highest BCUT2D eigenvalue weighted by molar-refractivity contribution is 9.10. The molecule has 2 heterocycles. The van der Waals surface area contributed by atoms with Crippen LogP contribution >= 0.6 is 15.9 Å². The Morgan fingerprint density at radius 1 is 1.53 bits per heavy atom. The second kappa shape index (κ2) is 5.53. The average molecular weight is 277 g/mol. The molecule has 0 amide bonds. The highest BCUT2D eigenvalue weighted by Crippen LogP contribution is 2.13. The third kappa shape index (κ3) is 3.22. The van der Waals surface area contributed by atoms with Gasteiger partial charge < -0.3 is 9.47 Å². The summed E-state index contributed by atoms with van der Waals surface area (Å²) in [6.45, 7) is 2.00. The van der Waals surface area contributed by atoms with Gasteiger partial charge in [0.15, 0.2) is 6.29 Å². The van der Waals surface area contributed by atoms with Crippen LogP contribution in [0.3, 0.4) is 0 Å². The Morgan fingerprint density at radius 2 is 2.47 bits per heavy atom. The van der Waals surface area contributed by atoms with Crippen LogP contribution in [0.15, 0.2) is 4.73 Å². The summed E-state index contributed by atoms with van der Waals surface area (Å²) in [4.78, 5) is 0. The smallest absolute Gasteiger partial charge is 0.218 e. The number of rotatable bonds is 4. The van der Waals surface area contributed by atoms with Gasteiger partial charge in [-0.25, -0.2) is 4.68 Å². The van der Waals surface area contributed by atoms with Crippen LogP contribution < -0.4 is 0 Å².